The Balaban J connectivity index is 2.67. The summed E-state index contributed by atoms with van der Waals surface area (Å²) in [5.74, 6) is 0.788. The van der Waals surface area contributed by atoms with Crippen molar-refractivity contribution in [1.29, 1.82) is 0 Å². The van der Waals surface area contributed by atoms with Gasteiger partial charge in [-0.25, -0.2) is 0 Å². The lowest BCUT2D eigenvalue weighted by atomic mass is 10.1. The van der Waals surface area contributed by atoms with Crippen LogP contribution in [0.5, 0.6) is 5.75 Å². The summed E-state index contributed by atoms with van der Waals surface area (Å²) in [6.45, 7) is 3.95. The highest BCUT2D eigenvalue weighted by atomic mass is 16.5. The highest BCUT2D eigenvalue weighted by Gasteiger charge is 2.06. The van der Waals surface area contributed by atoms with Crippen LogP contribution in [0.4, 0.5) is 0 Å². The lowest BCUT2D eigenvalue weighted by Crippen LogP contribution is -2.21. The molecular weight excluding hydrogens is 192 g/mol. The van der Waals surface area contributed by atoms with Gasteiger partial charge in [0.25, 0.3) is 0 Å². The van der Waals surface area contributed by atoms with E-state index in [1.807, 2.05) is 19.1 Å². The van der Waals surface area contributed by atoms with Crippen molar-refractivity contribution in [3.63, 3.8) is 0 Å². The third kappa shape index (κ3) is 3.53. The van der Waals surface area contributed by atoms with Crippen molar-refractivity contribution in [3.05, 3.63) is 29.3 Å². The van der Waals surface area contributed by atoms with Crippen LogP contribution in [0.15, 0.2) is 18.2 Å². The molecule has 0 heterocycles. The maximum absolute atomic E-state index is 9.16. The van der Waals surface area contributed by atoms with Crippen molar-refractivity contribution in [2.75, 3.05) is 13.2 Å². The predicted molar refractivity (Wildman–Crippen MR) is 59.1 cm³/mol. The molecule has 0 fully saturated rings. The van der Waals surface area contributed by atoms with E-state index in [0.717, 1.165) is 17.7 Å². The molecule has 0 aliphatic carbocycles. The molecule has 0 aromatic heterocycles. The molecule has 84 valence electrons. The lowest BCUT2D eigenvalue weighted by molar-refractivity contribution is 0.0533. The van der Waals surface area contributed by atoms with Crippen molar-refractivity contribution < 1.29 is 14.9 Å². The number of aliphatic hydroxyl groups is 2. The largest absolute Gasteiger partial charge is 0.491 e. The summed E-state index contributed by atoms with van der Waals surface area (Å²) in [5.41, 5.74) is 2.32. The Bertz CT molecular complexity index is 310. The van der Waals surface area contributed by atoms with Gasteiger partial charge in [0, 0.05) is 0 Å². The van der Waals surface area contributed by atoms with Crippen LogP contribution in [-0.2, 0) is 6.42 Å². The second kappa shape index (κ2) is 5.73. The summed E-state index contributed by atoms with van der Waals surface area (Å²) in [5, 5.41) is 17.8. The molecule has 0 radical (unpaired) electrons. The van der Waals surface area contributed by atoms with Crippen LogP contribution in [0.2, 0.25) is 0 Å². The molecule has 2 N–H and O–H groups in total. The van der Waals surface area contributed by atoms with Gasteiger partial charge in [-0.2, -0.15) is 0 Å². The Kier molecular flexibility index (Phi) is 4.59. The van der Waals surface area contributed by atoms with Crippen LogP contribution in [-0.4, -0.2) is 29.5 Å². The van der Waals surface area contributed by atoms with Gasteiger partial charge in [-0.15, -0.1) is 0 Å². The van der Waals surface area contributed by atoms with E-state index < -0.39 is 6.10 Å². The van der Waals surface area contributed by atoms with E-state index in [1.165, 1.54) is 5.56 Å². The second-order valence-electron chi connectivity index (χ2n) is 3.61. The smallest absolute Gasteiger partial charge is 0.122 e. The third-order valence-corrected chi connectivity index (χ3v) is 2.24. The summed E-state index contributed by atoms with van der Waals surface area (Å²) >= 11 is 0. The normalized spacial score (nSPS) is 12.5. The van der Waals surface area contributed by atoms with Gasteiger partial charge in [0.2, 0.25) is 0 Å². The molecule has 1 unspecified atom stereocenters. The monoisotopic (exact) mass is 210 g/mol. The van der Waals surface area contributed by atoms with Crippen LogP contribution in [0.3, 0.4) is 0 Å². The molecule has 0 spiro atoms. The number of hydrogen-bond acceptors (Lipinski definition) is 3. The zero-order chi connectivity index (χ0) is 11.3. The van der Waals surface area contributed by atoms with Gasteiger partial charge in [-0.3, -0.25) is 0 Å². The van der Waals surface area contributed by atoms with Gasteiger partial charge < -0.3 is 14.9 Å². The van der Waals surface area contributed by atoms with Crippen molar-refractivity contribution >= 4 is 0 Å². The molecule has 1 atom stereocenters. The van der Waals surface area contributed by atoms with Gasteiger partial charge in [-0.05, 0) is 25.0 Å². The number of aliphatic hydroxyl groups excluding tert-OH is 2. The Hall–Kier alpha value is -1.06. The van der Waals surface area contributed by atoms with E-state index in [0.29, 0.717) is 0 Å². The third-order valence-electron chi connectivity index (χ3n) is 2.24. The fourth-order valence-electron chi connectivity index (χ4n) is 1.36. The summed E-state index contributed by atoms with van der Waals surface area (Å²) in [4.78, 5) is 0. The highest BCUT2D eigenvalue weighted by molar-refractivity contribution is 5.36. The molecule has 0 amide bonds. The van der Waals surface area contributed by atoms with Crippen LogP contribution in [0.25, 0.3) is 0 Å². The van der Waals surface area contributed by atoms with Crippen molar-refractivity contribution in [2.24, 2.45) is 0 Å². The molecular formula is C12H18O3. The number of ether oxygens (including phenoxy) is 1. The maximum atomic E-state index is 9.16. The van der Waals surface area contributed by atoms with Crippen molar-refractivity contribution in [2.45, 2.75) is 26.4 Å². The summed E-state index contributed by atoms with van der Waals surface area (Å²) in [7, 11) is 0. The second-order valence-corrected chi connectivity index (χ2v) is 3.61. The van der Waals surface area contributed by atoms with Crippen LogP contribution < -0.4 is 4.74 Å². The van der Waals surface area contributed by atoms with Crippen LogP contribution in [0, 0.1) is 6.92 Å². The molecule has 1 rings (SSSR count). The Morgan fingerprint density at radius 3 is 2.73 bits per heavy atom. The number of aryl methyl sites for hydroxylation is 2. The molecule has 15 heavy (non-hydrogen) atoms. The molecule has 0 aliphatic heterocycles. The number of benzene rings is 1. The average Bonchev–Trinajstić information content (AvgIpc) is 2.26. The lowest BCUT2D eigenvalue weighted by Gasteiger charge is -2.13. The van der Waals surface area contributed by atoms with E-state index in [4.69, 9.17) is 14.9 Å². The average molecular weight is 210 g/mol. The van der Waals surface area contributed by atoms with Gasteiger partial charge in [0.1, 0.15) is 18.5 Å². The van der Waals surface area contributed by atoms with Gasteiger partial charge in [0.05, 0.1) is 6.61 Å². The maximum Gasteiger partial charge on any atom is 0.122 e. The standard InChI is InChI=1S/C12H18O3/c1-3-10-6-9(2)4-5-12(10)15-8-11(14)7-13/h4-6,11,13-14H,3,7-8H2,1-2H3. The van der Waals surface area contributed by atoms with Gasteiger partial charge in [-0.1, -0.05) is 24.6 Å². The fourth-order valence-corrected chi connectivity index (χ4v) is 1.36. The zero-order valence-corrected chi connectivity index (χ0v) is 9.23. The SMILES string of the molecule is CCc1cc(C)ccc1OCC(O)CO. The topological polar surface area (TPSA) is 49.7 Å². The van der Waals surface area contributed by atoms with E-state index in [1.54, 1.807) is 0 Å². The Labute approximate surface area is 90.3 Å². The van der Waals surface area contributed by atoms with Gasteiger partial charge >= 0.3 is 0 Å². The molecule has 0 saturated carbocycles. The van der Waals surface area contributed by atoms with Crippen LogP contribution >= 0.6 is 0 Å². The van der Waals surface area contributed by atoms with Crippen LogP contribution in [0.1, 0.15) is 18.1 Å². The molecule has 3 nitrogen and oxygen atoms in total. The van der Waals surface area contributed by atoms with E-state index in [-0.39, 0.29) is 13.2 Å². The predicted octanol–water partition coefficient (Wildman–Crippen LogP) is 1.29. The molecule has 1 aromatic carbocycles. The van der Waals surface area contributed by atoms with Gasteiger partial charge in [0.15, 0.2) is 0 Å². The van der Waals surface area contributed by atoms with E-state index in [9.17, 15) is 0 Å². The van der Waals surface area contributed by atoms with E-state index in [2.05, 4.69) is 13.0 Å². The molecule has 0 aliphatic rings. The minimum atomic E-state index is -0.809. The van der Waals surface area contributed by atoms with Crippen molar-refractivity contribution in [3.8, 4) is 5.75 Å². The fraction of sp³-hybridized carbons (Fsp3) is 0.500. The zero-order valence-electron chi connectivity index (χ0n) is 9.23. The summed E-state index contributed by atoms with van der Waals surface area (Å²) < 4.78 is 5.43. The number of rotatable bonds is 5. The quantitative estimate of drug-likeness (QED) is 0.770. The first-order valence-corrected chi connectivity index (χ1v) is 5.18. The van der Waals surface area contributed by atoms with Crippen molar-refractivity contribution in [1.82, 2.24) is 0 Å². The first-order valence-electron chi connectivity index (χ1n) is 5.18. The molecule has 0 saturated heterocycles. The minimum Gasteiger partial charge on any atom is -0.491 e. The van der Waals surface area contributed by atoms with E-state index >= 15 is 0 Å². The number of hydrogen-bond donors (Lipinski definition) is 2. The minimum absolute atomic E-state index is 0.132. The molecule has 0 bridgehead atoms. The summed E-state index contributed by atoms with van der Waals surface area (Å²) in [6, 6.07) is 5.94. The Morgan fingerprint density at radius 2 is 2.13 bits per heavy atom. The Morgan fingerprint density at radius 1 is 1.40 bits per heavy atom. The molecule has 3 heteroatoms. The molecule has 1 aromatic rings. The first kappa shape index (κ1) is 12.0. The first-order chi connectivity index (χ1) is 7.17. The highest BCUT2D eigenvalue weighted by Crippen LogP contribution is 2.20. The summed E-state index contributed by atoms with van der Waals surface area (Å²) in [6.07, 6.45) is 0.0858.